The van der Waals surface area contributed by atoms with E-state index in [9.17, 15) is 14.7 Å². The first kappa shape index (κ1) is 15.7. The van der Waals surface area contributed by atoms with Crippen molar-refractivity contribution in [3.05, 3.63) is 45.3 Å². The summed E-state index contributed by atoms with van der Waals surface area (Å²) in [5.41, 5.74) is 0.657. The van der Waals surface area contributed by atoms with Crippen LogP contribution in [0.3, 0.4) is 0 Å². The van der Waals surface area contributed by atoms with Crippen LogP contribution in [0.4, 0.5) is 0 Å². The lowest BCUT2D eigenvalue weighted by atomic mass is 9.84. The van der Waals surface area contributed by atoms with Gasteiger partial charge in [0.2, 0.25) is 0 Å². The summed E-state index contributed by atoms with van der Waals surface area (Å²) >= 11 is 0. The molecular formula is C18H20O5. The van der Waals surface area contributed by atoms with Crippen LogP contribution in [0.1, 0.15) is 53.3 Å². The molecule has 1 aromatic heterocycles. The van der Waals surface area contributed by atoms with Gasteiger partial charge in [-0.3, -0.25) is 4.79 Å². The van der Waals surface area contributed by atoms with Crippen molar-refractivity contribution >= 4 is 16.9 Å². The molecule has 0 radical (unpaired) electrons. The van der Waals surface area contributed by atoms with Crippen LogP contribution in [0.15, 0.2) is 27.4 Å². The van der Waals surface area contributed by atoms with Crippen molar-refractivity contribution in [3.63, 3.8) is 0 Å². The molecule has 0 amide bonds. The third-order valence-electron chi connectivity index (χ3n) is 4.79. The van der Waals surface area contributed by atoms with Crippen LogP contribution in [-0.4, -0.2) is 24.3 Å². The highest BCUT2D eigenvalue weighted by molar-refractivity contribution is 6.00. The average Bonchev–Trinajstić information content (AvgIpc) is 2.57. The summed E-state index contributed by atoms with van der Waals surface area (Å²) in [4.78, 5) is 24.0. The lowest BCUT2D eigenvalue weighted by molar-refractivity contribution is 0.0637. The number of ether oxygens (including phenoxy) is 1. The maximum absolute atomic E-state index is 12.6. The molecule has 0 bridgehead atoms. The van der Waals surface area contributed by atoms with Crippen molar-refractivity contribution in [2.75, 3.05) is 7.11 Å². The third kappa shape index (κ3) is 2.77. The second-order valence-corrected chi connectivity index (χ2v) is 6.12. The largest absolute Gasteiger partial charge is 0.478 e. The highest BCUT2D eigenvalue weighted by atomic mass is 16.5. The first-order valence-electron chi connectivity index (χ1n) is 7.85. The van der Waals surface area contributed by atoms with Gasteiger partial charge in [-0.1, -0.05) is 6.07 Å². The van der Waals surface area contributed by atoms with Crippen LogP contribution in [0.5, 0.6) is 0 Å². The number of aromatic carboxylic acids is 1. The standard InChI is InChI=1S/C18H20O5/c1-10-15(19)13-4-3-5-14(18(20)21)17(13)23-16(10)11-6-8-12(22-2)9-7-11/h3-5,11-12H,6-9H2,1-2H3,(H,20,21)/t11-,12+. The Labute approximate surface area is 133 Å². The Morgan fingerprint density at radius 3 is 2.57 bits per heavy atom. The van der Waals surface area contributed by atoms with E-state index < -0.39 is 5.97 Å². The smallest absolute Gasteiger partial charge is 0.339 e. The van der Waals surface area contributed by atoms with Crippen LogP contribution in [0.2, 0.25) is 0 Å². The molecule has 122 valence electrons. The van der Waals surface area contributed by atoms with Gasteiger partial charge in [0.05, 0.1) is 11.5 Å². The summed E-state index contributed by atoms with van der Waals surface area (Å²) < 4.78 is 11.3. The van der Waals surface area contributed by atoms with E-state index in [0.29, 0.717) is 16.7 Å². The van der Waals surface area contributed by atoms with E-state index in [2.05, 4.69) is 0 Å². The summed E-state index contributed by atoms with van der Waals surface area (Å²) in [5.74, 6) is -0.317. The van der Waals surface area contributed by atoms with Gasteiger partial charge in [-0.05, 0) is 44.7 Å². The van der Waals surface area contributed by atoms with Gasteiger partial charge in [0.25, 0.3) is 0 Å². The van der Waals surface area contributed by atoms with Gasteiger partial charge in [0.15, 0.2) is 11.0 Å². The van der Waals surface area contributed by atoms with Gasteiger partial charge < -0.3 is 14.3 Å². The number of carboxylic acid groups (broad SMARTS) is 1. The molecule has 1 heterocycles. The van der Waals surface area contributed by atoms with Gasteiger partial charge in [-0.2, -0.15) is 0 Å². The predicted octanol–water partition coefficient (Wildman–Crippen LogP) is 3.47. The molecule has 5 nitrogen and oxygen atoms in total. The molecule has 1 saturated carbocycles. The average molecular weight is 316 g/mol. The zero-order valence-electron chi connectivity index (χ0n) is 13.3. The maximum atomic E-state index is 12.6. The molecule has 2 aromatic rings. The molecule has 0 saturated heterocycles. The van der Waals surface area contributed by atoms with Crippen LogP contribution < -0.4 is 5.43 Å². The number of para-hydroxylation sites is 1. The summed E-state index contributed by atoms with van der Waals surface area (Å²) in [6.07, 6.45) is 3.85. The van der Waals surface area contributed by atoms with Gasteiger partial charge >= 0.3 is 5.97 Å². The van der Waals surface area contributed by atoms with Crippen molar-refractivity contribution in [1.29, 1.82) is 0 Å². The van der Waals surface area contributed by atoms with Crippen LogP contribution in [0, 0.1) is 6.92 Å². The summed E-state index contributed by atoms with van der Waals surface area (Å²) in [7, 11) is 1.71. The monoisotopic (exact) mass is 316 g/mol. The Morgan fingerprint density at radius 1 is 1.26 bits per heavy atom. The topological polar surface area (TPSA) is 76.7 Å². The molecular weight excluding hydrogens is 296 g/mol. The van der Waals surface area contributed by atoms with E-state index in [-0.39, 0.29) is 28.6 Å². The molecule has 0 unspecified atom stereocenters. The molecule has 23 heavy (non-hydrogen) atoms. The Bertz CT molecular complexity index is 797. The molecule has 1 aromatic carbocycles. The number of methoxy groups -OCH3 is 1. The van der Waals surface area contributed by atoms with Gasteiger partial charge in [-0.25, -0.2) is 4.79 Å². The fourth-order valence-electron chi connectivity index (χ4n) is 3.44. The van der Waals surface area contributed by atoms with E-state index >= 15 is 0 Å². The minimum absolute atomic E-state index is 0.0337. The van der Waals surface area contributed by atoms with Crippen LogP contribution in [-0.2, 0) is 4.74 Å². The SMILES string of the molecule is CO[C@H]1CC[C@@H](c2oc3c(C(=O)O)cccc3c(=O)c2C)CC1. The van der Waals surface area contributed by atoms with Crippen molar-refractivity contribution in [1.82, 2.24) is 0 Å². The van der Waals surface area contributed by atoms with Gasteiger partial charge in [0.1, 0.15) is 11.3 Å². The highest BCUT2D eigenvalue weighted by Gasteiger charge is 2.27. The molecule has 5 heteroatoms. The van der Waals surface area contributed by atoms with Crippen molar-refractivity contribution in [2.24, 2.45) is 0 Å². The fourth-order valence-corrected chi connectivity index (χ4v) is 3.44. The zero-order chi connectivity index (χ0) is 16.6. The fraction of sp³-hybridized carbons (Fsp3) is 0.444. The minimum Gasteiger partial charge on any atom is -0.478 e. The molecule has 0 atom stereocenters. The van der Waals surface area contributed by atoms with E-state index in [0.717, 1.165) is 25.7 Å². The molecule has 1 aliphatic rings. The summed E-state index contributed by atoms with van der Waals surface area (Å²) in [6.45, 7) is 1.76. The van der Waals surface area contributed by atoms with Crippen molar-refractivity contribution < 1.29 is 19.1 Å². The van der Waals surface area contributed by atoms with Gasteiger partial charge in [-0.15, -0.1) is 0 Å². The molecule has 0 aliphatic heterocycles. The number of hydrogen-bond donors (Lipinski definition) is 1. The summed E-state index contributed by atoms with van der Waals surface area (Å²) in [5, 5.41) is 9.66. The number of carboxylic acids is 1. The van der Waals surface area contributed by atoms with Gasteiger partial charge in [0, 0.05) is 18.6 Å². The zero-order valence-corrected chi connectivity index (χ0v) is 13.3. The molecule has 3 rings (SSSR count). The van der Waals surface area contributed by atoms with Crippen LogP contribution in [0.25, 0.3) is 11.0 Å². The Morgan fingerprint density at radius 2 is 1.96 bits per heavy atom. The van der Waals surface area contributed by atoms with Crippen molar-refractivity contribution in [2.45, 2.75) is 44.6 Å². The second kappa shape index (κ2) is 6.16. The first-order valence-corrected chi connectivity index (χ1v) is 7.85. The Kier molecular flexibility index (Phi) is 4.22. The molecule has 0 spiro atoms. The van der Waals surface area contributed by atoms with Crippen molar-refractivity contribution in [3.8, 4) is 0 Å². The molecule has 1 N–H and O–H groups in total. The normalized spacial score (nSPS) is 21.5. The number of benzene rings is 1. The van der Waals surface area contributed by atoms with E-state index in [1.165, 1.54) is 6.07 Å². The van der Waals surface area contributed by atoms with E-state index in [1.807, 2.05) is 0 Å². The lowest BCUT2D eigenvalue weighted by Crippen LogP contribution is -2.21. The number of carbonyl (C=O) groups is 1. The summed E-state index contributed by atoms with van der Waals surface area (Å²) in [6, 6.07) is 4.66. The Hall–Kier alpha value is -2.14. The van der Waals surface area contributed by atoms with E-state index in [4.69, 9.17) is 9.15 Å². The number of rotatable bonds is 3. The van der Waals surface area contributed by atoms with Crippen LogP contribution >= 0.6 is 0 Å². The lowest BCUT2D eigenvalue weighted by Gasteiger charge is -2.27. The predicted molar refractivity (Wildman–Crippen MR) is 86.2 cm³/mol. The van der Waals surface area contributed by atoms with E-state index in [1.54, 1.807) is 26.2 Å². The quantitative estimate of drug-likeness (QED) is 0.938. The number of hydrogen-bond acceptors (Lipinski definition) is 4. The number of fused-ring (bicyclic) bond motifs is 1. The second-order valence-electron chi connectivity index (χ2n) is 6.12. The maximum Gasteiger partial charge on any atom is 0.339 e. The molecule has 1 fully saturated rings. The Balaban J connectivity index is 2.11. The third-order valence-corrected chi connectivity index (χ3v) is 4.79. The first-order chi connectivity index (χ1) is 11.0. The molecule has 1 aliphatic carbocycles. The minimum atomic E-state index is -1.09. The highest BCUT2D eigenvalue weighted by Crippen LogP contribution is 2.36.